The number of benzene rings is 1. The number of ether oxygens (including phenoxy) is 2. The summed E-state index contributed by atoms with van der Waals surface area (Å²) in [6.07, 6.45) is 2.86. The second-order valence-electron chi connectivity index (χ2n) is 7.31. The Balaban J connectivity index is 1.49. The van der Waals surface area contributed by atoms with Gasteiger partial charge >= 0.3 is 0 Å². The van der Waals surface area contributed by atoms with Gasteiger partial charge in [-0.15, -0.1) is 10.2 Å². The molecule has 4 aromatic rings. The van der Waals surface area contributed by atoms with Gasteiger partial charge in [0.25, 0.3) is 11.5 Å². The van der Waals surface area contributed by atoms with E-state index in [9.17, 15) is 14.9 Å². The van der Waals surface area contributed by atoms with Gasteiger partial charge in [-0.3, -0.25) is 14.9 Å². The van der Waals surface area contributed by atoms with Crippen LogP contribution in [0.25, 0.3) is 11.0 Å². The third kappa shape index (κ3) is 5.56. The molecule has 0 radical (unpaired) electrons. The fourth-order valence-electron chi connectivity index (χ4n) is 3.08. The van der Waals surface area contributed by atoms with Crippen LogP contribution in [-0.2, 0) is 24.2 Å². The molecule has 0 fully saturated rings. The van der Waals surface area contributed by atoms with Gasteiger partial charge in [0.15, 0.2) is 11.5 Å². The van der Waals surface area contributed by atoms with Crippen molar-refractivity contribution < 1.29 is 14.3 Å². The van der Waals surface area contributed by atoms with Gasteiger partial charge in [-0.25, -0.2) is 4.98 Å². The van der Waals surface area contributed by atoms with E-state index in [0.29, 0.717) is 45.7 Å². The standard InChI is InChI=1S/C23H21N7O4S2/c1-4-18-27-28-22(35-18)26-21(32)14(11-24)8-13-6-7-16(17(9-13)33-3)34-12-15-10-20(31)30-23(25-15)36-19(5-2)29-30/h6-10H,4-5,12H2,1-3H3,(H,26,28,32)/b14-8-. The predicted molar refractivity (Wildman–Crippen MR) is 135 cm³/mol. The van der Waals surface area contributed by atoms with Crippen LogP contribution in [0.2, 0.25) is 0 Å². The minimum Gasteiger partial charge on any atom is -0.493 e. The van der Waals surface area contributed by atoms with E-state index in [2.05, 4.69) is 25.6 Å². The molecule has 0 saturated carbocycles. The fraction of sp³-hybridized carbons (Fsp3) is 0.261. The van der Waals surface area contributed by atoms with Crippen molar-refractivity contribution in [1.29, 1.82) is 5.26 Å². The molecule has 36 heavy (non-hydrogen) atoms. The zero-order valence-corrected chi connectivity index (χ0v) is 21.3. The van der Waals surface area contributed by atoms with Crippen molar-refractivity contribution in [3.8, 4) is 17.6 Å². The molecule has 3 heterocycles. The summed E-state index contributed by atoms with van der Waals surface area (Å²) in [5.74, 6) is 0.221. The molecule has 13 heteroatoms. The van der Waals surface area contributed by atoms with Gasteiger partial charge in [0.1, 0.15) is 28.3 Å². The van der Waals surface area contributed by atoms with Crippen molar-refractivity contribution in [1.82, 2.24) is 24.8 Å². The molecule has 1 amide bonds. The maximum Gasteiger partial charge on any atom is 0.275 e. The van der Waals surface area contributed by atoms with E-state index >= 15 is 0 Å². The lowest BCUT2D eigenvalue weighted by Gasteiger charge is -2.11. The van der Waals surface area contributed by atoms with Gasteiger partial charge in [0.2, 0.25) is 10.1 Å². The number of nitrogens with one attached hydrogen (secondary N) is 1. The summed E-state index contributed by atoms with van der Waals surface area (Å²) in [6.45, 7) is 3.94. The molecule has 0 aliphatic carbocycles. The van der Waals surface area contributed by atoms with Gasteiger partial charge in [-0.2, -0.15) is 14.9 Å². The van der Waals surface area contributed by atoms with Crippen molar-refractivity contribution in [3.05, 3.63) is 61.5 Å². The first-order valence-electron chi connectivity index (χ1n) is 10.9. The van der Waals surface area contributed by atoms with Crippen LogP contribution in [0.15, 0.2) is 34.6 Å². The molecular formula is C23H21N7O4S2. The Morgan fingerprint density at radius 1 is 1.17 bits per heavy atom. The zero-order chi connectivity index (χ0) is 25.7. The zero-order valence-electron chi connectivity index (χ0n) is 19.6. The van der Waals surface area contributed by atoms with Crippen LogP contribution in [0.4, 0.5) is 5.13 Å². The van der Waals surface area contributed by atoms with Crippen molar-refractivity contribution in [2.45, 2.75) is 33.3 Å². The Morgan fingerprint density at radius 2 is 1.97 bits per heavy atom. The molecule has 1 N–H and O–H groups in total. The van der Waals surface area contributed by atoms with Gasteiger partial charge in [0.05, 0.1) is 12.8 Å². The second-order valence-corrected chi connectivity index (χ2v) is 9.41. The minimum atomic E-state index is -0.586. The van der Waals surface area contributed by atoms with E-state index in [4.69, 9.17) is 9.47 Å². The van der Waals surface area contributed by atoms with Crippen LogP contribution < -0.4 is 20.3 Å². The number of hydrogen-bond donors (Lipinski definition) is 1. The van der Waals surface area contributed by atoms with Gasteiger partial charge in [-0.05, 0) is 36.6 Å². The molecule has 4 rings (SSSR count). The molecule has 0 aliphatic rings. The Morgan fingerprint density at radius 3 is 2.67 bits per heavy atom. The summed E-state index contributed by atoms with van der Waals surface area (Å²) in [7, 11) is 1.48. The molecule has 3 aromatic heterocycles. The summed E-state index contributed by atoms with van der Waals surface area (Å²) in [5, 5.41) is 26.1. The Bertz CT molecular complexity index is 1550. The molecule has 0 unspecified atom stereocenters. The Hall–Kier alpha value is -4.15. The average molecular weight is 524 g/mol. The summed E-state index contributed by atoms with van der Waals surface area (Å²) < 4.78 is 12.6. The number of carbonyl (C=O) groups is 1. The van der Waals surface area contributed by atoms with E-state index in [1.165, 1.54) is 46.4 Å². The predicted octanol–water partition coefficient (Wildman–Crippen LogP) is 3.26. The number of nitrogens with zero attached hydrogens (tertiary/aromatic N) is 6. The first-order valence-corrected chi connectivity index (χ1v) is 12.5. The minimum absolute atomic E-state index is 0.0457. The van der Waals surface area contributed by atoms with Crippen LogP contribution >= 0.6 is 22.7 Å². The molecule has 0 spiro atoms. The van der Waals surface area contributed by atoms with Crippen LogP contribution in [0.5, 0.6) is 11.5 Å². The van der Waals surface area contributed by atoms with Crippen LogP contribution in [0, 0.1) is 11.3 Å². The van der Waals surface area contributed by atoms with Crippen LogP contribution in [0.3, 0.4) is 0 Å². The van der Waals surface area contributed by atoms with E-state index in [1.54, 1.807) is 18.2 Å². The normalized spacial score (nSPS) is 11.3. The number of amides is 1. The number of aromatic nitrogens is 5. The SMILES string of the molecule is CCc1nnc(NC(=O)/C(C#N)=C\c2ccc(OCc3cc(=O)n4nc(CC)sc4n3)c(OC)c2)s1. The number of anilines is 1. The number of nitriles is 1. The number of hydrogen-bond acceptors (Lipinski definition) is 11. The molecule has 0 aliphatic heterocycles. The first kappa shape index (κ1) is 25.0. The number of fused-ring (bicyclic) bond motifs is 1. The van der Waals surface area contributed by atoms with E-state index in [-0.39, 0.29) is 17.7 Å². The quantitative estimate of drug-likeness (QED) is 0.258. The average Bonchev–Trinajstić information content (AvgIpc) is 3.53. The summed E-state index contributed by atoms with van der Waals surface area (Å²) >= 11 is 2.61. The second kappa shape index (κ2) is 11.1. The number of rotatable bonds is 9. The first-order chi connectivity index (χ1) is 17.4. The van der Waals surface area contributed by atoms with Crippen molar-refractivity contribution in [3.63, 3.8) is 0 Å². The summed E-state index contributed by atoms with van der Waals surface area (Å²) in [4.78, 5) is 29.8. The molecule has 1 aromatic carbocycles. The number of carbonyl (C=O) groups excluding carboxylic acids is 1. The smallest absolute Gasteiger partial charge is 0.275 e. The third-order valence-electron chi connectivity index (χ3n) is 4.87. The van der Waals surface area contributed by atoms with Crippen LogP contribution in [-0.4, -0.2) is 37.8 Å². The lowest BCUT2D eigenvalue weighted by Crippen LogP contribution is -2.16. The van der Waals surface area contributed by atoms with Gasteiger partial charge in [0, 0.05) is 6.07 Å². The highest BCUT2D eigenvalue weighted by molar-refractivity contribution is 7.16. The van der Waals surface area contributed by atoms with Crippen molar-refractivity contribution in [2.75, 3.05) is 12.4 Å². The maximum absolute atomic E-state index is 12.5. The Labute approximate surface area is 213 Å². The summed E-state index contributed by atoms with van der Waals surface area (Å²) in [6, 6.07) is 8.27. The van der Waals surface area contributed by atoms with E-state index in [1.807, 2.05) is 19.9 Å². The van der Waals surface area contributed by atoms with E-state index in [0.717, 1.165) is 10.0 Å². The topological polar surface area (TPSA) is 144 Å². The van der Waals surface area contributed by atoms with Crippen LogP contribution in [0.1, 0.15) is 35.1 Å². The maximum atomic E-state index is 12.5. The molecule has 0 atom stereocenters. The molecular weight excluding hydrogens is 502 g/mol. The Kier molecular flexibility index (Phi) is 7.67. The largest absolute Gasteiger partial charge is 0.493 e. The fourth-order valence-corrected chi connectivity index (χ4v) is 4.62. The van der Waals surface area contributed by atoms with Crippen molar-refractivity contribution >= 4 is 44.7 Å². The summed E-state index contributed by atoms with van der Waals surface area (Å²) in [5.41, 5.74) is 0.646. The highest BCUT2D eigenvalue weighted by Crippen LogP contribution is 2.30. The third-order valence-corrected chi connectivity index (χ3v) is 6.91. The lowest BCUT2D eigenvalue weighted by atomic mass is 10.1. The van der Waals surface area contributed by atoms with Crippen molar-refractivity contribution in [2.24, 2.45) is 0 Å². The monoisotopic (exact) mass is 523 g/mol. The highest BCUT2D eigenvalue weighted by atomic mass is 32.1. The van der Waals surface area contributed by atoms with Gasteiger partial charge in [-0.1, -0.05) is 42.6 Å². The number of methoxy groups -OCH3 is 1. The van der Waals surface area contributed by atoms with Gasteiger partial charge < -0.3 is 9.47 Å². The number of aryl methyl sites for hydroxylation is 2. The highest BCUT2D eigenvalue weighted by Gasteiger charge is 2.14. The molecule has 0 bridgehead atoms. The van der Waals surface area contributed by atoms with E-state index < -0.39 is 5.91 Å². The molecule has 0 saturated heterocycles. The molecule has 184 valence electrons. The lowest BCUT2D eigenvalue weighted by molar-refractivity contribution is -0.112. The molecule has 11 nitrogen and oxygen atoms in total.